The molecule has 1 saturated carbocycles. The lowest BCUT2D eigenvalue weighted by molar-refractivity contribution is 0.143. The van der Waals surface area contributed by atoms with E-state index in [1.54, 1.807) is 0 Å². The number of hydrogen-bond donors (Lipinski definition) is 1. The van der Waals surface area contributed by atoms with E-state index >= 15 is 0 Å². The molecule has 0 radical (unpaired) electrons. The molecule has 0 aromatic carbocycles. The summed E-state index contributed by atoms with van der Waals surface area (Å²) in [5, 5.41) is 0. The summed E-state index contributed by atoms with van der Waals surface area (Å²) < 4.78 is 0. The molecule has 2 N–H and O–H groups in total. The van der Waals surface area contributed by atoms with Crippen molar-refractivity contribution >= 4 is 0 Å². The lowest BCUT2D eigenvalue weighted by Crippen LogP contribution is -2.41. The summed E-state index contributed by atoms with van der Waals surface area (Å²) in [6.45, 7) is 7.77. The second-order valence-electron chi connectivity index (χ2n) is 4.74. The molecule has 0 aromatic rings. The molecule has 0 aromatic heterocycles. The molecule has 14 heavy (non-hydrogen) atoms. The van der Waals surface area contributed by atoms with Crippen LogP contribution in [-0.2, 0) is 0 Å². The number of hydrogen-bond acceptors (Lipinski definition) is 2. The van der Waals surface area contributed by atoms with Crippen LogP contribution >= 0.6 is 0 Å². The number of nitrogens with two attached hydrogens (primary N) is 1. The topological polar surface area (TPSA) is 29.3 Å². The first-order valence-electron chi connectivity index (χ1n) is 6.22. The Balaban J connectivity index is 2.34. The maximum atomic E-state index is 5.65. The molecule has 0 amide bonds. The highest BCUT2D eigenvalue weighted by Crippen LogP contribution is 2.26. The Morgan fingerprint density at radius 1 is 1.14 bits per heavy atom. The van der Waals surface area contributed by atoms with Gasteiger partial charge in [-0.15, -0.1) is 0 Å². The van der Waals surface area contributed by atoms with Crippen LogP contribution in [0.25, 0.3) is 0 Å². The molecule has 0 heterocycles. The summed E-state index contributed by atoms with van der Waals surface area (Å²) in [5.41, 5.74) is 5.65. The number of rotatable bonds is 5. The summed E-state index contributed by atoms with van der Waals surface area (Å²) in [7, 11) is 0. The molecule has 1 rings (SSSR count). The second kappa shape index (κ2) is 6.41. The first kappa shape index (κ1) is 12.0. The molecule has 2 nitrogen and oxygen atoms in total. The summed E-state index contributed by atoms with van der Waals surface area (Å²) in [5.74, 6) is 0.951. The molecule has 1 aliphatic carbocycles. The van der Waals surface area contributed by atoms with E-state index in [1.807, 2.05) is 0 Å². The van der Waals surface area contributed by atoms with E-state index in [2.05, 4.69) is 18.7 Å². The van der Waals surface area contributed by atoms with E-state index in [4.69, 9.17) is 5.73 Å². The minimum absolute atomic E-state index is 0.812. The first-order valence-corrected chi connectivity index (χ1v) is 6.22. The first-order chi connectivity index (χ1) is 6.77. The summed E-state index contributed by atoms with van der Waals surface area (Å²) in [4.78, 5) is 2.60. The van der Waals surface area contributed by atoms with Crippen LogP contribution in [0.4, 0.5) is 0 Å². The Morgan fingerprint density at radius 2 is 1.79 bits per heavy atom. The number of nitrogens with zero attached hydrogens (tertiary/aromatic N) is 1. The van der Waals surface area contributed by atoms with Gasteiger partial charge in [-0.25, -0.2) is 0 Å². The quantitative estimate of drug-likeness (QED) is 0.734. The average molecular weight is 198 g/mol. The third-order valence-electron chi connectivity index (χ3n) is 3.43. The zero-order valence-electron chi connectivity index (χ0n) is 9.84. The van der Waals surface area contributed by atoms with Crippen molar-refractivity contribution in [3.8, 4) is 0 Å². The van der Waals surface area contributed by atoms with Crippen LogP contribution in [0.2, 0.25) is 0 Å². The van der Waals surface area contributed by atoms with Crippen LogP contribution in [0.5, 0.6) is 0 Å². The van der Waals surface area contributed by atoms with Crippen LogP contribution in [-0.4, -0.2) is 30.6 Å². The van der Waals surface area contributed by atoms with Gasteiger partial charge in [0.05, 0.1) is 0 Å². The van der Waals surface area contributed by atoms with Crippen LogP contribution in [0.3, 0.4) is 0 Å². The van der Waals surface area contributed by atoms with Gasteiger partial charge in [-0.3, -0.25) is 4.90 Å². The molecule has 1 fully saturated rings. The van der Waals surface area contributed by atoms with Crippen molar-refractivity contribution in [2.75, 3.05) is 19.6 Å². The van der Waals surface area contributed by atoms with Gasteiger partial charge in [0.2, 0.25) is 0 Å². The molecular formula is C12H26N2. The van der Waals surface area contributed by atoms with Crippen molar-refractivity contribution in [3.05, 3.63) is 0 Å². The van der Waals surface area contributed by atoms with E-state index in [0.29, 0.717) is 0 Å². The Hall–Kier alpha value is -0.0800. The third kappa shape index (κ3) is 3.58. The standard InChI is InChI=1S/C12H26N2/c1-3-9-14(10-8-13)12-6-4-11(2)5-7-12/h11-12H,3-10,13H2,1-2H3. The van der Waals surface area contributed by atoms with Crippen molar-refractivity contribution in [1.82, 2.24) is 4.90 Å². The van der Waals surface area contributed by atoms with E-state index in [1.165, 1.54) is 38.6 Å². The fourth-order valence-corrected chi connectivity index (χ4v) is 2.54. The predicted octanol–water partition coefficient (Wildman–Crippen LogP) is 2.24. The molecule has 0 bridgehead atoms. The largest absolute Gasteiger partial charge is 0.329 e. The minimum Gasteiger partial charge on any atom is -0.329 e. The molecule has 0 saturated heterocycles. The summed E-state index contributed by atoms with van der Waals surface area (Å²) in [6, 6.07) is 0.828. The zero-order chi connectivity index (χ0) is 10.4. The van der Waals surface area contributed by atoms with Crippen molar-refractivity contribution in [2.24, 2.45) is 11.7 Å². The van der Waals surface area contributed by atoms with Gasteiger partial charge in [-0.1, -0.05) is 13.8 Å². The van der Waals surface area contributed by atoms with Gasteiger partial charge in [-0.2, -0.15) is 0 Å². The van der Waals surface area contributed by atoms with Crippen molar-refractivity contribution in [2.45, 2.75) is 52.0 Å². The van der Waals surface area contributed by atoms with Gasteiger partial charge in [0.25, 0.3) is 0 Å². The van der Waals surface area contributed by atoms with Gasteiger partial charge in [0.15, 0.2) is 0 Å². The Kier molecular flexibility index (Phi) is 5.49. The average Bonchev–Trinajstić information content (AvgIpc) is 2.19. The van der Waals surface area contributed by atoms with Crippen LogP contribution in [0, 0.1) is 5.92 Å². The van der Waals surface area contributed by atoms with Gasteiger partial charge in [0, 0.05) is 19.1 Å². The zero-order valence-corrected chi connectivity index (χ0v) is 9.84. The third-order valence-corrected chi connectivity index (χ3v) is 3.43. The normalized spacial score (nSPS) is 28.3. The van der Waals surface area contributed by atoms with Crippen LogP contribution in [0.1, 0.15) is 46.0 Å². The molecule has 0 atom stereocenters. The highest BCUT2D eigenvalue weighted by atomic mass is 15.2. The van der Waals surface area contributed by atoms with Gasteiger partial charge in [-0.05, 0) is 44.6 Å². The Labute approximate surface area is 88.8 Å². The fraction of sp³-hybridized carbons (Fsp3) is 1.00. The summed E-state index contributed by atoms with van der Waals surface area (Å²) >= 11 is 0. The van der Waals surface area contributed by atoms with E-state index < -0.39 is 0 Å². The van der Waals surface area contributed by atoms with E-state index in [0.717, 1.165) is 25.0 Å². The lowest BCUT2D eigenvalue weighted by atomic mass is 9.86. The monoisotopic (exact) mass is 198 g/mol. The van der Waals surface area contributed by atoms with Crippen molar-refractivity contribution < 1.29 is 0 Å². The van der Waals surface area contributed by atoms with E-state index in [9.17, 15) is 0 Å². The van der Waals surface area contributed by atoms with Gasteiger partial charge < -0.3 is 5.73 Å². The Morgan fingerprint density at radius 3 is 2.29 bits per heavy atom. The highest BCUT2D eigenvalue weighted by molar-refractivity contribution is 4.78. The van der Waals surface area contributed by atoms with Crippen molar-refractivity contribution in [1.29, 1.82) is 0 Å². The second-order valence-corrected chi connectivity index (χ2v) is 4.74. The maximum absolute atomic E-state index is 5.65. The van der Waals surface area contributed by atoms with Crippen LogP contribution < -0.4 is 5.73 Å². The smallest absolute Gasteiger partial charge is 0.0108 e. The molecule has 84 valence electrons. The van der Waals surface area contributed by atoms with Gasteiger partial charge >= 0.3 is 0 Å². The molecule has 2 heteroatoms. The predicted molar refractivity (Wildman–Crippen MR) is 62.3 cm³/mol. The van der Waals surface area contributed by atoms with Gasteiger partial charge in [0.1, 0.15) is 0 Å². The molecule has 1 aliphatic rings. The van der Waals surface area contributed by atoms with Crippen LogP contribution in [0.15, 0.2) is 0 Å². The maximum Gasteiger partial charge on any atom is 0.0108 e. The lowest BCUT2D eigenvalue weighted by Gasteiger charge is -2.35. The minimum atomic E-state index is 0.812. The molecule has 0 unspecified atom stereocenters. The highest BCUT2D eigenvalue weighted by Gasteiger charge is 2.22. The SMILES string of the molecule is CCCN(CCN)C1CCC(C)CC1. The fourth-order valence-electron chi connectivity index (χ4n) is 2.54. The molecule has 0 spiro atoms. The molecular weight excluding hydrogens is 172 g/mol. The van der Waals surface area contributed by atoms with Crippen molar-refractivity contribution in [3.63, 3.8) is 0 Å². The Bertz CT molecular complexity index is 133. The molecule has 0 aliphatic heterocycles. The summed E-state index contributed by atoms with van der Waals surface area (Å²) in [6.07, 6.45) is 6.86. The van der Waals surface area contributed by atoms with E-state index in [-0.39, 0.29) is 0 Å².